The standard InChI is InChI=1S/C16H22N4O3.ClH/c1-11-4-5-13(14(8-11)21-3)22-10-15-18-16(19-23-15)12-9-17-6-7-20(12)2;/h4-5,8,12,17H,6-7,9-10H2,1-3H3;1H. The van der Waals surface area contributed by atoms with Crippen molar-refractivity contribution in [2.24, 2.45) is 0 Å². The maximum Gasteiger partial charge on any atom is 0.264 e. The number of hydrogen-bond acceptors (Lipinski definition) is 7. The van der Waals surface area contributed by atoms with Gasteiger partial charge in [0.15, 0.2) is 23.9 Å². The maximum absolute atomic E-state index is 5.75. The molecule has 132 valence electrons. The smallest absolute Gasteiger partial charge is 0.264 e. The largest absolute Gasteiger partial charge is 0.493 e. The molecule has 3 rings (SSSR count). The Kier molecular flexibility index (Phi) is 6.42. The highest BCUT2D eigenvalue weighted by Crippen LogP contribution is 2.28. The van der Waals surface area contributed by atoms with E-state index < -0.39 is 0 Å². The van der Waals surface area contributed by atoms with E-state index in [1.807, 2.05) is 25.1 Å². The van der Waals surface area contributed by atoms with Gasteiger partial charge in [-0.2, -0.15) is 4.98 Å². The molecule has 8 heteroatoms. The van der Waals surface area contributed by atoms with Gasteiger partial charge in [0.1, 0.15) is 0 Å². The number of benzene rings is 1. The molecular formula is C16H23ClN4O3. The summed E-state index contributed by atoms with van der Waals surface area (Å²) in [5.41, 5.74) is 1.11. The van der Waals surface area contributed by atoms with E-state index in [1.54, 1.807) is 7.11 Å². The van der Waals surface area contributed by atoms with Gasteiger partial charge in [0.25, 0.3) is 5.89 Å². The molecule has 1 aliphatic heterocycles. The summed E-state index contributed by atoms with van der Waals surface area (Å²) >= 11 is 0. The van der Waals surface area contributed by atoms with E-state index in [0.717, 1.165) is 25.2 Å². The predicted molar refractivity (Wildman–Crippen MR) is 91.8 cm³/mol. The van der Waals surface area contributed by atoms with Crippen molar-refractivity contribution in [2.45, 2.75) is 19.6 Å². The van der Waals surface area contributed by atoms with Gasteiger partial charge in [-0.05, 0) is 31.7 Å². The molecule has 0 saturated carbocycles. The highest BCUT2D eigenvalue weighted by atomic mass is 35.5. The van der Waals surface area contributed by atoms with Crippen LogP contribution in [0.5, 0.6) is 11.5 Å². The molecule has 1 unspecified atom stereocenters. The van der Waals surface area contributed by atoms with Crippen LogP contribution in [0, 0.1) is 6.92 Å². The molecule has 1 N–H and O–H groups in total. The van der Waals surface area contributed by atoms with Crippen LogP contribution < -0.4 is 14.8 Å². The number of aromatic nitrogens is 2. The molecular weight excluding hydrogens is 332 g/mol. The van der Waals surface area contributed by atoms with Crippen LogP contribution in [0.2, 0.25) is 0 Å². The summed E-state index contributed by atoms with van der Waals surface area (Å²) in [5.74, 6) is 2.51. The Morgan fingerprint density at radius 2 is 2.21 bits per heavy atom. The third-order valence-corrected chi connectivity index (χ3v) is 3.96. The monoisotopic (exact) mass is 354 g/mol. The third kappa shape index (κ3) is 4.17. The van der Waals surface area contributed by atoms with Crippen LogP contribution in [0.15, 0.2) is 22.7 Å². The van der Waals surface area contributed by atoms with E-state index in [4.69, 9.17) is 14.0 Å². The number of piperazine rings is 1. The Hall–Kier alpha value is -1.83. The van der Waals surface area contributed by atoms with Crippen LogP contribution in [0.1, 0.15) is 23.3 Å². The van der Waals surface area contributed by atoms with Crippen molar-refractivity contribution in [1.29, 1.82) is 0 Å². The Morgan fingerprint density at radius 1 is 1.38 bits per heavy atom. The zero-order valence-corrected chi connectivity index (χ0v) is 14.9. The van der Waals surface area contributed by atoms with Crippen molar-refractivity contribution in [1.82, 2.24) is 20.4 Å². The van der Waals surface area contributed by atoms with Crippen LogP contribution in [0.25, 0.3) is 0 Å². The summed E-state index contributed by atoms with van der Waals surface area (Å²) in [7, 11) is 3.69. The molecule has 2 aromatic rings. The van der Waals surface area contributed by atoms with Crippen molar-refractivity contribution in [3.63, 3.8) is 0 Å². The molecule has 1 fully saturated rings. The lowest BCUT2D eigenvalue weighted by molar-refractivity contribution is 0.189. The molecule has 0 radical (unpaired) electrons. The Bertz CT molecular complexity index is 665. The first-order valence-electron chi connectivity index (χ1n) is 7.68. The fourth-order valence-electron chi connectivity index (χ4n) is 2.59. The summed E-state index contributed by atoms with van der Waals surface area (Å²) in [5, 5.41) is 7.42. The molecule has 7 nitrogen and oxygen atoms in total. The van der Waals surface area contributed by atoms with Crippen molar-refractivity contribution in [2.75, 3.05) is 33.8 Å². The highest BCUT2D eigenvalue weighted by molar-refractivity contribution is 5.85. The lowest BCUT2D eigenvalue weighted by atomic mass is 10.2. The number of ether oxygens (including phenoxy) is 2. The van der Waals surface area contributed by atoms with Crippen LogP contribution in [-0.2, 0) is 6.61 Å². The van der Waals surface area contributed by atoms with Crippen LogP contribution >= 0.6 is 12.4 Å². The third-order valence-electron chi connectivity index (χ3n) is 3.96. The SMILES string of the molecule is COc1cc(C)ccc1OCc1nc(C2CNCCN2C)no1.Cl. The summed E-state index contributed by atoms with van der Waals surface area (Å²) in [6.07, 6.45) is 0. The normalized spacial score (nSPS) is 18.0. The molecule has 0 bridgehead atoms. The second-order valence-corrected chi connectivity index (χ2v) is 5.69. The first kappa shape index (κ1) is 18.5. The van der Waals surface area contributed by atoms with Gasteiger partial charge in [-0.15, -0.1) is 12.4 Å². The van der Waals surface area contributed by atoms with Gasteiger partial charge in [0.2, 0.25) is 0 Å². The topological polar surface area (TPSA) is 72.7 Å². The zero-order valence-electron chi connectivity index (χ0n) is 14.1. The lowest BCUT2D eigenvalue weighted by Crippen LogP contribution is -2.44. The number of nitrogens with zero attached hydrogens (tertiary/aromatic N) is 3. The minimum Gasteiger partial charge on any atom is -0.493 e. The van der Waals surface area contributed by atoms with Gasteiger partial charge in [-0.1, -0.05) is 11.2 Å². The second kappa shape index (κ2) is 8.32. The van der Waals surface area contributed by atoms with E-state index in [-0.39, 0.29) is 25.1 Å². The number of likely N-dealkylation sites (N-methyl/N-ethyl adjacent to an activating group) is 1. The molecule has 1 atom stereocenters. The minimum absolute atomic E-state index is 0. The summed E-state index contributed by atoms with van der Waals surface area (Å²) < 4.78 is 16.4. The van der Waals surface area contributed by atoms with E-state index in [1.165, 1.54) is 0 Å². The van der Waals surface area contributed by atoms with Crippen LogP contribution in [0.4, 0.5) is 0 Å². The fourth-order valence-corrected chi connectivity index (χ4v) is 2.59. The molecule has 1 aliphatic rings. The van der Waals surface area contributed by atoms with Gasteiger partial charge in [0, 0.05) is 19.6 Å². The first-order valence-corrected chi connectivity index (χ1v) is 7.68. The second-order valence-electron chi connectivity index (χ2n) is 5.69. The van der Waals surface area contributed by atoms with Crippen molar-refractivity contribution < 1.29 is 14.0 Å². The summed E-state index contributed by atoms with van der Waals surface area (Å²) in [4.78, 5) is 6.66. The van der Waals surface area contributed by atoms with Crippen molar-refractivity contribution >= 4 is 12.4 Å². The Labute approximate surface area is 147 Å². The lowest BCUT2D eigenvalue weighted by Gasteiger charge is -2.30. The van der Waals surface area contributed by atoms with Gasteiger partial charge >= 0.3 is 0 Å². The molecule has 24 heavy (non-hydrogen) atoms. The van der Waals surface area contributed by atoms with Gasteiger partial charge in [-0.25, -0.2) is 0 Å². The number of hydrogen-bond donors (Lipinski definition) is 1. The molecule has 2 heterocycles. The summed E-state index contributed by atoms with van der Waals surface area (Å²) in [6.45, 7) is 4.99. The number of methoxy groups -OCH3 is 1. The van der Waals surface area contributed by atoms with E-state index in [0.29, 0.717) is 23.2 Å². The van der Waals surface area contributed by atoms with Gasteiger partial charge < -0.3 is 19.3 Å². The van der Waals surface area contributed by atoms with E-state index >= 15 is 0 Å². The molecule has 1 saturated heterocycles. The van der Waals surface area contributed by atoms with Crippen LogP contribution in [0.3, 0.4) is 0 Å². The van der Waals surface area contributed by atoms with Crippen molar-refractivity contribution in [3.05, 3.63) is 35.5 Å². The average molecular weight is 355 g/mol. The number of rotatable bonds is 5. The molecule has 0 amide bonds. The number of halogens is 1. The van der Waals surface area contributed by atoms with E-state index in [9.17, 15) is 0 Å². The average Bonchev–Trinajstić information content (AvgIpc) is 3.02. The first-order chi connectivity index (χ1) is 11.2. The van der Waals surface area contributed by atoms with E-state index in [2.05, 4.69) is 27.4 Å². The van der Waals surface area contributed by atoms with Gasteiger partial charge in [-0.3, -0.25) is 4.90 Å². The Balaban J connectivity index is 0.00000208. The molecule has 0 aliphatic carbocycles. The minimum atomic E-state index is 0. The van der Waals surface area contributed by atoms with Crippen LogP contribution in [-0.4, -0.2) is 48.8 Å². The fraction of sp³-hybridized carbons (Fsp3) is 0.500. The number of nitrogens with one attached hydrogen (secondary N) is 1. The Morgan fingerprint density at radius 3 is 2.96 bits per heavy atom. The number of aryl methyl sites for hydroxylation is 1. The van der Waals surface area contributed by atoms with Gasteiger partial charge in [0.05, 0.1) is 13.2 Å². The predicted octanol–water partition coefficient (Wildman–Crippen LogP) is 1.96. The molecule has 1 aromatic heterocycles. The zero-order chi connectivity index (χ0) is 16.2. The highest BCUT2D eigenvalue weighted by Gasteiger charge is 2.25. The summed E-state index contributed by atoms with van der Waals surface area (Å²) in [6, 6.07) is 5.91. The maximum atomic E-state index is 5.75. The molecule has 0 spiro atoms. The molecule has 1 aromatic carbocycles. The van der Waals surface area contributed by atoms with Crippen molar-refractivity contribution in [3.8, 4) is 11.5 Å². The quantitative estimate of drug-likeness (QED) is 0.879.